The van der Waals surface area contributed by atoms with Gasteiger partial charge in [-0.1, -0.05) is 0 Å². The molecule has 1 fully saturated rings. The van der Waals surface area contributed by atoms with Crippen molar-refractivity contribution in [2.24, 2.45) is 11.7 Å². The van der Waals surface area contributed by atoms with Gasteiger partial charge in [0.25, 0.3) is 0 Å². The van der Waals surface area contributed by atoms with Crippen LogP contribution in [-0.2, 0) is 9.59 Å². The number of nitrogens with one attached hydrogen (secondary N) is 1. The van der Waals surface area contributed by atoms with Gasteiger partial charge in [0, 0.05) is 12.5 Å². The highest BCUT2D eigenvalue weighted by Gasteiger charge is 2.44. The van der Waals surface area contributed by atoms with Crippen molar-refractivity contribution in [1.82, 2.24) is 5.32 Å². The van der Waals surface area contributed by atoms with Crippen LogP contribution in [0.4, 0.5) is 0 Å². The molecule has 0 aromatic rings. The molecular formula is C11H20N2O3. The Morgan fingerprint density at radius 2 is 2.12 bits per heavy atom. The van der Waals surface area contributed by atoms with E-state index in [-0.39, 0.29) is 24.3 Å². The number of carbonyl (C=O) groups is 2. The molecule has 0 aliphatic heterocycles. The van der Waals surface area contributed by atoms with Gasteiger partial charge in [-0.3, -0.25) is 9.59 Å². The third kappa shape index (κ3) is 3.48. The van der Waals surface area contributed by atoms with Crippen molar-refractivity contribution >= 4 is 11.9 Å². The Morgan fingerprint density at radius 3 is 2.56 bits per heavy atom. The summed E-state index contributed by atoms with van der Waals surface area (Å²) in [7, 11) is 0. The zero-order chi connectivity index (χ0) is 12.3. The second-order valence-electron chi connectivity index (χ2n) is 4.86. The summed E-state index contributed by atoms with van der Waals surface area (Å²) in [5.41, 5.74) is 5.13. The summed E-state index contributed by atoms with van der Waals surface area (Å²) < 4.78 is 0. The average Bonchev–Trinajstić information content (AvgIpc) is 2.97. The Hall–Kier alpha value is -1.10. The van der Waals surface area contributed by atoms with Crippen LogP contribution in [0.3, 0.4) is 0 Å². The lowest BCUT2D eigenvalue weighted by atomic mass is 9.95. The average molecular weight is 228 g/mol. The molecule has 0 aromatic carbocycles. The second-order valence-corrected chi connectivity index (χ2v) is 4.86. The maximum absolute atomic E-state index is 11.8. The van der Waals surface area contributed by atoms with Crippen LogP contribution in [-0.4, -0.2) is 28.6 Å². The smallest absolute Gasteiger partial charge is 0.303 e. The summed E-state index contributed by atoms with van der Waals surface area (Å²) >= 11 is 0. The first-order chi connectivity index (χ1) is 7.34. The van der Waals surface area contributed by atoms with E-state index in [4.69, 9.17) is 10.8 Å². The van der Waals surface area contributed by atoms with Gasteiger partial charge < -0.3 is 16.2 Å². The van der Waals surface area contributed by atoms with Crippen LogP contribution >= 0.6 is 0 Å². The molecule has 1 aliphatic carbocycles. The minimum atomic E-state index is -0.848. The van der Waals surface area contributed by atoms with Gasteiger partial charge >= 0.3 is 5.97 Å². The molecule has 1 amide bonds. The second kappa shape index (κ2) is 4.82. The predicted molar refractivity (Wildman–Crippen MR) is 59.8 cm³/mol. The minimum Gasteiger partial charge on any atom is -0.481 e. The molecule has 2 atom stereocenters. The Morgan fingerprint density at radius 1 is 1.56 bits per heavy atom. The lowest BCUT2D eigenvalue weighted by Gasteiger charge is -2.25. The molecule has 5 heteroatoms. The number of rotatable bonds is 6. The predicted octanol–water partition coefficient (Wildman–Crippen LogP) is 0.483. The number of hydrogen-bond acceptors (Lipinski definition) is 3. The molecule has 5 nitrogen and oxygen atoms in total. The molecule has 0 heterocycles. The first-order valence-corrected chi connectivity index (χ1v) is 5.65. The van der Waals surface area contributed by atoms with E-state index in [2.05, 4.69) is 5.32 Å². The largest absolute Gasteiger partial charge is 0.481 e. The highest BCUT2D eigenvalue weighted by Crippen LogP contribution is 2.38. The van der Waals surface area contributed by atoms with Crippen LogP contribution in [0.15, 0.2) is 0 Å². The molecule has 2 unspecified atom stereocenters. The Balaban J connectivity index is 2.35. The van der Waals surface area contributed by atoms with Crippen molar-refractivity contribution < 1.29 is 14.7 Å². The first-order valence-electron chi connectivity index (χ1n) is 5.65. The lowest BCUT2D eigenvalue weighted by Crippen LogP contribution is -2.55. The Kier molecular flexibility index (Phi) is 3.91. The van der Waals surface area contributed by atoms with E-state index in [1.165, 1.54) is 0 Å². The summed E-state index contributed by atoms with van der Waals surface area (Å²) in [4.78, 5) is 22.2. The fourth-order valence-corrected chi connectivity index (χ4v) is 1.66. The quantitative estimate of drug-likeness (QED) is 0.616. The lowest BCUT2D eigenvalue weighted by molar-refractivity contribution is -0.137. The van der Waals surface area contributed by atoms with Crippen molar-refractivity contribution in [2.45, 2.75) is 51.1 Å². The van der Waals surface area contributed by atoms with Crippen LogP contribution < -0.4 is 11.1 Å². The van der Waals surface area contributed by atoms with Crippen LogP contribution in [0.1, 0.15) is 39.5 Å². The normalized spacial score (nSPS) is 20.9. The van der Waals surface area contributed by atoms with Crippen LogP contribution in [0.2, 0.25) is 0 Å². The molecule has 0 radical (unpaired) electrons. The molecule has 1 aliphatic rings. The van der Waals surface area contributed by atoms with E-state index >= 15 is 0 Å². The van der Waals surface area contributed by atoms with Crippen LogP contribution in [0.5, 0.6) is 0 Å². The molecule has 0 aromatic heterocycles. The van der Waals surface area contributed by atoms with Crippen LogP contribution in [0.25, 0.3) is 0 Å². The van der Waals surface area contributed by atoms with Gasteiger partial charge in [-0.25, -0.2) is 0 Å². The number of aliphatic carboxylic acids is 1. The van der Waals surface area contributed by atoms with Crippen molar-refractivity contribution in [1.29, 1.82) is 0 Å². The van der Waals surface area contributed by atoms with Gasteiger partial charge in [-0.05, 0) is 39.0 Å². The fourth-order valence-electron chi connectivity index (χ4n) is 1.66. The minimum absolute atomic E-state index is 0.0617. The molecule has 1 saturated carbocycles. The van der Waals surface area contributed by atoms with Crippen LogP contribution in [0, 0.1) is 5.92 Å². The maximum atomic E-state index is 11.8. The van der Waals surface area contributed by atoms with E-state index in [0.29, 0.717) is 6.42 Å². The SMILES string of the molecule is CC(CCC(=O)O)NC(=O)C(C)(N)C1CC1. The third-order valence-corrected chi connectivity index (χ3v) is 3.08. The van der Waals surface area contributed by atoms with E-state index in [1.807, 2.05) is 0 Å². The molecule has 0 bridgehead atoms. The van der Waals surface area contributed by atoms with Crippen molar-refractivity contribution in [2.75, 3.05) is 0 Å². The zero-order valence-electron chi connectivity index (χ0n) is 9.82. The summed E-state index contributed by atoms with van der Waals surface area (Å²) in [6, 6.07) is -0.148. The molecule has 4 N–H and O–H groups in total. The van der Waals surface area contributed by atoms with Crippen molar-refractivity contribution in [3.05, 3.63) is 0 Å². The number of carboxylic acid groups (broad SMARTS) is 1. The van der Waals surface area contributed by atoms with E-state index in [1.54, 1.807) is 13.8 Å². The van der Waals surface area contributed by atoms with E-state index in [0.717, 1.165) is 12.8 Å². The van der Waals surface area contributed by atoms with E-state index in [9.17, 15) is 9.59 Å². The summed E-state index contributed by atoms with van der Waals surface area (Å²) in [6.45, 7) is 3.54. The standard InChI is InChI=1S/C11H20N2O3/c1-7(3-6-9(14)15)13-10(16)11(2,12)8-4-5-8/h7-8H,3-6,12H2,1-2H3,(H,13,16)(H,14,15). The molecule has 16 heavy (non-hydrogen) atoms. The summed E-state index contributed by atoms with van der Waals surface area (Å²) in [5.74, 6) is -0.745. The first kappa shape index (κ1) is 13.0. The van der Waals surface area contributed by atoms with Gasteiger partial charge in [-0.15, -0.1) is 0 Å². The van der Waals surface area contributed by atoms with Gasteiger partial charge in [0.05, 0.1) is 5.54 Å². The zero-order valence-corrected chi connectivity index (χ0v) is 9.82. The number of carbonyl (C=O) groups excluding carboxylic acids is 1. The Labute approximate surface area is 95.4 Å². The molecular weight excluding hydrogens is 208 g/mol. The van der Waals surface area contributed by atoms with Gasteiger partial charge in [0.1, 0.15) is 0 Å². The fraction of sp³-hybridized carbons (Fsp3) is 0.818. The number of hydrogen-bond donors (Lipinski definition) is 3. The third-order valence-electron chi connectivity index (χ3n) is 3.08. The van der Waals surface area contributed by atoms with Gasteiger partial charge in [0.2, 0.25) is 5.91 Å². The summed E-state index contributed by atoms with van der Waals surface area (Å²) in [5, 5.41) is 11.3. The monoisotopic (exact) mass is 228 g/mol. The maximum Gasteiger partial charge on any atom is 0.303 e. The van der Waals surface area contributed by atoms with Gasteiger partial charge in [-0.2, -0.15) is 0 Å². The van der Waals surface area contributed by atoms with E-state index < -0.39 is 11.5 Å². The highest BCUT2D eigenvalue weighted by molar-refractivity contribution is 5.86. The number of nitrogens with two attached hydrogens (primary N) is 1. The topological polar surface area (TPSA) is 92.4 Å². The summed E-state index contributed by atoms with van der Waals surface area (Å²) in [6.07, 6.45) is 2.50. The molecule has 0 saturated heterocycles. The van der Waals surface area contributed by atoms with Gasteiger partial charge in [0.15, 0.2) is 0 Å². The Bertz CT molecular complexity index is 285. The number of carboxylic acids is 1. The van der Waals surface area contributed by atoms with Crippen molar-refractivity contribution in [3.63, 3.8) is 0 Å². The molecule has 1 rings (SSSR count). The number of amides is 1. The molecule has 0 spiro atoms. The highest BCUT2D eigenvalue weighted by atomic mass is 16.4. The van der Waals surface area contributed by atoms with Crippen molar-refractivity contribution in [3.8, 4) is 0 Å². The molecule has 92 valence electrons.